The van der Waals surface area contributed by atoms with Crippen molar-refractivity contribution in [3.63, 3.8) is 0 Å². The Kier molecular flexibility index (Phi) is 61.4. The molecule has 0 fully saturated rings. The zero-order chi connectivity index (χ0) is 48.9. The van der Waals surface area contributed by atoms with Crippen LogP contribution in [0.4, 0.5) is 0 Å². The van der Waals surface area contributed by atoms with Crippen LogP contribution in [0, 0.1) is 11.8 Å². The van der Waals surface area contributed by atoms with Crippen molar-refractivity contribution in [3.05, 3.63) is 24.3 Å². The van der Waals surface area contributed by atoms with Crippen LogP contribution in [0.2, 0.25) is 0 Å². The second kappa shape index (κ2) is 57.4. The maximum absolute atomic E-state index is 10.8. The molecule has 0 amide bonds. The monoisotopic (exact) mass is 1010 g/mol. The Labute approximate surface area is 448 Å². The van der Waals surface area contributed by atoms with Gasteiger partial charge >= 0.3 is 37.7 Å². The van der Waals surface area contributed by atoms with E-state index in [1.807, 2.05) is 0 Å². The van der Waals surface area contributed by atoms with E-state index in [2.05, 4.69) is 60.4 Å². The Morgan fingerprint density at radius 2 is 0.522 bits per heavy atom. The summed E-state index contributed by atoms with van der Waals surface area (Å²) < 4.78 is 73.9. The van der Waals surface area contributed by atoms with E-state index in [1.54, 1.807) is 0 Å². The molecule has 2 unspecified atom stereocenters. The average Bonchev–Trinajstić information content (AvgIpc) is 3.28. The number of rotatable bonds is 52. The summed E-state index contributed by atoms with van der Waals surface area (Å²) in [6, 6.07) is 0. The third-order valence-corrected chi connectivity index (χ3v) is 13.8. The van der Waals surface area contributed by atoms with Crippen LogP contribution in [0.1, 0.15) is 310 Å². The van der Waals surface area contributed by atoms with Gasteiger partial charge in [0.25, 0.3) is 0 Å². The fraction of sp³-hybridized carbons (Fsp3) is 0.929. The molecule has 0 spiro atoms. The standard InChI is InChI=1S/2C28H56O4S.Ca/c2*1-3-5-7-9-11-12-13-14-15-16-17-18-19-20-22-24-26-28(27-32-33(29,30)31)25-23-21-10-8-6-4-2;/h2*23,25,28H,3-22,24,26-27H2,1-2H3,(H,29,30,31);/q;;+2/p-2/b2*25-23+;. The van der Waals surface area contributed by atoms with Gasteiger partial charge in [0, 0.05) is 11.8 Å². The topological polar surface area (TPSA) is 133 Å². The third-order valence-electron chi connectivity index (χ3n) is 13.0. The van der Waals surface area contributed by atoms with Gasteiger partial charge in [-0.2, -0.15) is 0 Å². The van der Waals surface area contributed by atoms with Gasteiger partial charge < -0.3 is 9.11 Å². The summed E-state index contributed by atoms with van der Waals surface area (Å²) >= 11 is 0. The van der Waals surface area contributed by atoms with E-state index in [-0.39, 0.29) is 62.8 Å². The van der Waals surface area contributed by atoms with E-state index >= 15 is 0 Å². The van der Waals surface area contributed by atoms with E-state index < -0.39 is 20.8 Å². The summed E-state index contributed by atoms with van der Waals surface area (Å²) in [7, 11) is -9.21. The summed E-state index contributed by atoms with van der Waals surface area (Å²) in [6.45, 7) is 8.91. The summed E-state index contributed by atoms with van der Waals surface area (Å²) in [5.41, 5.74) is 0. The van der Waals surface area contributed by atoms with Crippen LogP contribution < -0.4 is 0 Å². The van der Waals surface area contributed by atoms with E-state index in [4.69, 9.17) is 0 Å². The predicted octanol–water partition coefficient (Wildman–Crippen LogP) is 18.1. The first-order valence-corrected chi connectivity index (χ1v) is 31.2. The van der Waals surface area contributed by atoms with Gasteiger partial charge in [0.05, 0.1) is 13.2 Å². The first-order valence-electron chi connectivity index (χ1n) is 28.5. The van der Waals surface area contributed by atoms with Crippen molar-refractivity contribution < 1.29 is 34.3 Å². The predicted molar refractivity (Wildman–Crippen MR) is 288 cm³/mol. The first-order chi connectivity index (χ1) is 32.0. The molecule has 8 nitrogen and oxygen atoms in total. The molecule has 67 heavy (non-hydrogen) atoms. The molecule has 0 aliphatic carbocycles. The van der Waals surface area contributed by atoms with Crippen LogP contribution in [0.3, 0.4) is 0 Å². The van der Waals surface area contributed by atoms with Gasteiger partial charge in [0.2, 0.25) is 20.8 Å². The number of allylic oxidation sites excluding steroid dienone is 2. The minimum atomic E-state index is -4.61. The zero-order valence-corrected chi connectivity index (χ0v) is 48.6. The van der Waals surface area contributed by atoms with Crippen molar-refractivity contribution in [1.82, 2.24) is 0 Å². The van der Waals surface area contributed by atoms with Gasteiger partial charge in [0.1, 0.15) is 0 Å². The number of hydrogen-bond donors (Lipinski definition) is 0. The molecular formula is C56H110CaO8S2. The largest absolute Gasteiger partial charge is 2.00 e. The molecule has 0 aromatic heterocycles. The molecule has 2 atom stereocenters. The molecule has 0 aliphatic rings. The molecule has 0 saturated carbocycles. The van der Waals surface area contributed by atoms with Crippen molar-refractivity contribution in [2.45, 2.75) is 310 Å². The smallest absolute Gasteiger partial charge is 0.726 e. The summed E-state index contributed by atoms with van der Waals surface area (Å²) in [6.07, 6.45) is 64.9. The second-order valence-corrected chi connectivity index (χ2v) is 21.7. The molecule has 0 aromatic carbocycles. The molecule has 0 N–H and O–H groups in total. The van der Waals surface area contributed by atoms with Crippen LogP contribution in [0.15, 0.2) is 24.3 Å². The Bertz CT molecular complexity index is 1130. The minimum Gasteiger partial charge on any atom is -0.726 e. The van der Waals surface area contributed by atoms with Crippen molar-refractivity contribution in [1.29, 1.82) is 0 Å². The Morgan fingerprint density at radius 3 is 0.731 bits per heavy atom. The molecule has 0 aliphatic heterocycles. The maximum Gasteiger partial charge on any atom is 2.00 e. The molecule has 0 bridgehead atoms. The Morgan fingerprint density at radius 1 is 0.328 bits per heavy atom. The van der Waals surface area contributed by atoms with E-state index in [1.165, 1.54) is 231 Å². The molecule has 11 heteroatoms. The summed E-state index contributed by atoms with van der Waals surface area (Å²) in [5, 5.41) is 0. The van der Waals surface area contributed by atoms with E-state index in [0.29, 0.717) is 0 Å². The van der Waals surface area contributed by atoms with Crippen molar-refractivity contribution >= 4 is 58.5 Å². The third kappa shape index (κ3) is 66.5. The van der Waals surface area contributed by atoms with Crippen molar-refractivity contribution in [2.24, 2.45) is 11.8 Å². The van der Waals surface area contributed by atoms with Crippen molar-refractivity contribution in [2.75, 3.05) is 13.2 Å². The minimum absolute atomic E-state index is 0. The van der Waals surface area contributed by atoms with Gasteiger partial charge in [-0.3, -0.25) is 8.37 Å². The number of hydrogen-bond acceptors (Lipinski definition) is 8. The molecule has 396 valence electrons. The van der Waals surface area contributed by atoms with E-state index in [0.717, 1.165) is 51.4 Å². The summed E-state index contributed by atoms with van der Waals surface area (Å²) in [4.78, 5) is 0. The average molecular weight is 1020 g/mol. The van der Waals surface area contributed by atoms with Gasteiger partial charge in [-0.15, -0.1) is 0 Å². The molecule has 0 heterocycles. The number of unbranched alkanes of at least 4 members (excludes halogenated alkanes) is 38. The SMILES string of the molecule is CCCCCC/C=C/C(CCCCCCCCCCCCCCCCCC)COS(=O)(=O)[O-].CCCCCC/C=C/C(CCCCCCCCCCCCCCCCCC)COS(=O)(=O)[O-].[Ca+2]. The van der Waals surface area contributed by atoms with Gasteiger partial charge in [-0.25, -0.2) is 16.8 Å². The van der Waals surface area contributed by atoms with Crippen molar-refractivity contribution in [3.8, 4) is 0 Å². The first kappa shape index (κ1) is 71.7. The van der Waals surface area contributed by atoms with E-state index in [9.17, 15) is 25.9 Å². The van der Waals surface area contributed by atoms with Crippen LogP contribution in [-0.2, 0) is 29.2 Å². The van der Waals surface area contributed by atoms with Crippen LogP contribution >= 0.6 is 0 Å². The quantitative estimate of drug-likeness (QED) is 0.0193. The summed E-state index contributed by atoms with van der Waals surface area (Å²) in [5.74, 6) is 0.0399. The Balaban J connectivity index is -0.00000120. The van der Waals surface area contributed by atoms with Crippen LogP contribution in [0.25, 0.3) is 0 Å². The van der Waals surface area contributed by atoms with Crippen LogP contribution in [-0.4, -0.2) is 76.9 Å². The zero-order valence-electron chi connectivity index (χ0n) is 44.8. The maximum atomic E-state index is 10.8. The molecule has 0 radical (unpaired) electrons. The molecule has 0 rings (SSSR count). The van der Waals surface area contributed by atoms with Gasteiger partial charge in [-0.05, 0) is 38.5 Å². The molecular weight excluding hydrogens is 905 g/mol. The second-order valence-electron chi connectivity index (χ2n) is 19.6. The Hall–Kier alpha value is 0.480. The van der Waals surface area contributed by atoms with Crippen LogP contribution in [0.5, 0.6) is 0 Å². The molecule has 0 saturated heterocycles. The fourth-order valence-corrected chi connectivity index (χ4v) is 9.36. The fourth-order valence-electron chi connectivity index (χ4n) is 8.68. The van der Waals surface area contributed by atoms with Gasteiger partial charge in [-0.1, -0.05) is 296 Å². The van der Waals surface area contributed by atoms with Gasteiger partial charge in [0.15, 0.2) is 0 Å². The molecule has 0 aromatic rings. The normalized spacial score (nSPS) is 13.0.